The summed E-state index contributed by atoms with van der Waals surface area (Å²) >= 11 is 0. The maximum atomic E-state index is 11.8. The van der Waals surface area contributed by atoms with Gasteiger partial charge >= 0.3 is 0 Å². The number of amides is 1. The molecule has 4 nitrogen and oxygen atoms in total. The lowest BCUT2D eigenvalue weighted by molar-refractivity contribution is -0.121. The van der Waals surface area contributed by atoms with Crippen LogP contribution in [0.1, 0.15) is 46.6 Å². The third-order valence-corrected chi connectivity index (χ3v) is 3.00. The summed E-state index contributed by atoms with van der Waals surface area (Å²) in [6.07, 6.45) is 5.01. The van der Waals surface area contributed by atoms with Crippen molar-refractivity contribution in [1.29, 1.82) is 0 Å². The molecular weight excluding hydrogens is 250 g/mol. The van der Waals surface area contributed by atoms with E-state index in [4.69, 9.17) is 0 Å². The zero-order chi connectivity index (χ0) is 15.2. The molecule has 0 saturated heterocycles. The minimum Gasteiger partial charge on any atom is -0.355 e. The molecule has 0 aliphatic heterocycles. The number of carbonyl (C=O) groups is 1. The second-order valence-corrected chi connectivity index (χ2v) is 6.83. The van der Waals surface area contributed by atoms with Crippen molar-refractivity contribution in [2.75, 3.05) is 6.54 Å². The highest BCUT2D eigenvalue weighted by Crippen LogP contribution is 2.05. The van der Waals surface area contributed by atoms with Gasteiger partial charge in [-0.1, -0.05) is 13.8 Å². The Hall–Kier alpha value is -1.29. The minimum absolute atomic E-state index is 0.0802. The fourth-order valence-electron chi connectivity index (χ4n) is 1.78. The third-order valence-electron chi connectivity index (χ3n) is 3.00. The molecule has 2 N–H and O–H groups in total. The smallest absolute Gasteiger partial charge is 0.239 e. The molecule has 0 fully saturated rings. The molecule has 0 unspecified atom stereocenters. The molecule has 0 atom stereocenters. The molecule has 1 heterocycles. The Kier molecular flexibility index (Phi) is 6.27. The van der Waals surface area contributed by atoms with Crippen LogP contribution in [0.25, 0.3) is 0 Å². The van der Waals surface area contributed by atoms with Gasteiger partial charge in [0.1, 0.15) is 6.54 Å². The van der Waals surface area contributed by atoms with Crippen LogP contribution < -0.4 is 10.6 Å². The average molecular weight is 279 g/mol. The quantitative estimate of drug-likeness (QED) is 0.805. The van der Waals surface area contributed by atoms with Gasteiger partial charge in [0, 0.05) is 31.0 Å². The van der Waals surface area contributed by atoms with Crippen LogP contribution in [-0.4, -0.2) is 22.6 Å². The van der Waals surface area contributed by atoms with Gasteiger partial charge in [-0.3, -0.25) is 4.79 Å². The molecule has 0 spiro atoms. The van der Waals surface area contributed by atoms with Crippen LogP contribution in [0.15, 0.2) is 18.5 Å². The van der Waals surface area contributed by atoms with Gasteiger partial charge in [-0.05, 0) is 44.7 Å². The van der Waals surface area contributed by atoms with Crippen molar-refractivity contribution in [1.82, 2.24) is 15.2 Å². The molecule has 1 rings (SSSR count). The molecule has 1 aromatic rings. The maximum Gasteiger partial charge on any atom is 0.239 e. The normalized spacial score (nSPS) is 11.9. The first kappa shape index (κ1) is 16.8. The van der Waals surface area contributed by atoms with E-state index in [0.717, 1.165) is 19.5 Å². The Balaban J connectivity index is 2.34. The SMILES string of the molecule is CC(C)CCNC(=O)Cn1ccc(CNC(C)(C)C)c1. The summed E-state index contributed by atoms with van der Waals surface area (Å²) in [6, 6.07) is 2.06. The predicted molar refractivity (Wildman–Crippen MR) is 83.5 cm³/mol. The van der Waals surface area contributed by atoms with E-state index in [1.165, 1.54) is 5.56 Å². The summed E-state index contributed by atoms with van der Waals surface area (Å²) < 4.78 is 1.93. The van der Waals surface area contributed by atoms with Crippen LogP contribution in [0.4, 0.5) is 0 Å². The van der Waals surface area contributed by atoms with Crippen LogP contribution in [-0.2, 0) is 17.9 Å². The van der Waals surface area contributed by atoms with Crippen molar-refractivity contribution < 1.29 is 4.79 Å². The topological polar surface area (TPSA) is 46.1 Å². The first-order chi connectivity index (χ1) is 9.26. The third kappa shape index (κ3) is 7.34. The van der Waals surface area contributed by atoms with Crippen LogP contribution in [0.2, 0.25) is 0 Å². The Labute approximate surface area is 122 Å². The predicted octanol–water partition coefficient (Wildman–Crippen LogP) is 2.54. The van der Waals surface area contributed by atoms with Gasteiger partial charge in [0.05, 0.1) is 0 Å². The molecule has 4 heteroatoms. The van der Waals surface area contributed by atoms with E-state index in [1.54, 1.807) is 0 Å². The summed E-state index contributed by atoms with van der Waals surface area (Å²) in [7, 11) is 0. The number of rotatable bonds is 7. The second kappa shape index (κ2) is 7.48. The van der Waals surface area contributed by atoms with Crippen molar-refractivity contribution in [2.24, 2.45) is 5.92 Å². The standard InChI is InChI=1S/C16H29N3O/c1-13(2)6-8-17-15(20)12-19-9-7-14(11-19)10-18-16(3,4)5/h7,9,11,13,18H,6,8,10,12H2,1-5H3,(H,17,20). The summed E-state index contributed by atoms with van der Waals surface area (Å²) in [4.78, 5) is 11.8. The molecular formula is C16H29N3O. The van der Waals surface area contributed by atoms with Crippen molar-refractivity contribution in [3.8, 4) is 0 Å². The average Bonchev–Trinajstić information content (AvgIpc) is 2.72. The van der Waals surface area contributed by atoms with Gasteiger partial charge in [0.25, 0.3) is 0 Å². The van der Waals surface area contributed by atoms with Crippen LogP contribution in [0.3, 0.4) is 0 Å². The highest BCUT2D eigenvalue weighted by atomic mass is 16.1. The first-order valence-corrected chi connectivity index (χ1v) is 7.42. The molecule has 1 aromatic heterocycles. The zero-order valence-corrected chi connectivity index (χ0v) is 13.5. The molecule has 0 saturated carbocycles. The Morgan fingerprint density at radius 1 is 1.35 bits per heavy atom. The van der Waals surface area contributed by atoms with E-state index in [1.807, 2.05) is 17.0 Å². The Morgan fingerprint density at radius 3 is 2.65 bits per heavy atom. The molecule has 0 aromatic carbocycles. The van der Waals surface area contributed by atoms with Gasteiger partial charge in [0.15, 0.2) is 0 Å². The van der Waals surface area contributed by atoms with E-state index in [2.05, 4.69) is 51.3 Å². The molecule has 0 bridgehead atoms. The minimum atomic E-state index is 0.0802. The van der Waals surface area contributed by atoms with Gasteiger partial charge < -0.3 is 15.2 Å². The molecule has 0 aliphatic carbocycles. The lowest BCUT2D eigenvalue weighted by atomic mass is 10.1. The molecule has 0 radical (unpaired) electrons. The van der Waals surface area contributed by atoms with Crippen LogP contribution >= 0.6 is 0 Å². The fraction of sp³-hybridized carbons (Fsp3) is 0.688. The molecule has 114 valence electrons. The van der Waals surface area contributed by atoms with E-state index in [-0.39, 0.29) is 11.4 Å². The monoisotopic (exact) mass is 279 g/mol. The van der Waals surface area contributed by atoms with Crippen molar-refractivity contribution in [3.05, 3.63) is 24.0 Å². The van der Waals surface area contributed by atoms with Crippen molar-refractivity contribution in [2.45, 2.75) is 59.7 Å². The zero-order valence-electron chi connectivity index (χ0n) is 13.5. The van der Waals surface area contributed by atoms with Crippen LogP contribution in [0.5, 0.6) is 0 Å². The van der Waals surface area contributed by atoms with Gasteiger partial charge in [-0.25, -0.2) is 0 Å². The number of nitrogens with zero attached hydrogens (tertiary/aromatic N) is 1. The summed E-state index contributed by atoms with van der Waals surface area (Å²) in [5, 5.41) is 6.39. The fourth-order valence-corrected chi connectivity index (χ4v) is 1.78. The highest BCUT2D eigenvalue weighted by molar-refractivity contribution is 5.75. The van der Waals surface area contributed by atoms with E-state index >= 15 is 0 Å². The van der Waals surface area contributed by atoms with Gasteiger partial charge in [-0.2, -0.15) is 0 Å². The first-order valence-electron chi connectivity index (χ1n) is 7.42. The molecule has 1 amide bonds. The number of carbonyl (C=O) groups excluding carboxylic acids is 1. The lowest BCUT2D eigenvalue weighted by Gasteiger charge is -2.19. The summed E-state index contributed by atoms with van der Waals surface area (Å²) in [5.41, 5.74) is 1.31. The Bertz CT molecular complexity index is 416. The van der Waals surface area contributed by atoms with E-state index in [0.29, 0.717) is 12.5 Å². The van der Waals surface area contributed by atoms with Crippen molar-refractivity contribution in [3.63, 3.8) is 0 Å². The molecule has 20 heavy (non-hydrogen) atoms. The van der Waals surface area contributed by atoms with Crippen molar-refractivity contribution >= 4 is 5.91 Å². The largest absolute Gasteiger partial charge is 0.355 e. The summed E-state index contributed by atoms with van der Waals surface area (Å²) in [5.74, 6) is 0.702. The summed E-state index contributed by atoms with van der Waals surface area (Å²) in [6.45, 7) is 12.7. The second-order valence-electron chi connectivity index (χ2n) is 6.83. The van der Waals surface area contributed by atoms with E-state index in [9.17, 15) is 4.79 Å². The van der Waals surface area contributed by atoms with E-state index < -0.39 is 0 Å². The number of hydrogen-bond acceptors (Lipinski definition) is 2. The number of hydrogen-bond donors (Lipinski definition) is 2. The number of aromatic nitrogens is 1. The molecule has 0 aliphatic rings. The lowest BCUT2D eigenvalue weighted by Crippen LogP contribution is -2.34. The Morgan fingerprint density at radius 2 is 2.05 bits per heavy atom. The number of nitrogens with one attached hydrogen (secondary N) is 2. The maximum absolute atomic E-state index is 11.8. The highest BCUT2D eigenvalue weighted by Gasteiger charge is 2.09. The van der Waals surface area contributed by atoms with Crippen LogP contribution in [0, 0.1) is 5.92 Å². The van der Waals surface area contributed by atoms with Gasteiger partial charge in [-0.15, -0.1) is 0 Å². The van der Waals surface area contributed by atoms with Gasteiger partial charge in [0.2, 0.25) is 5.91 Å².